The number of amides is 2. The number of fused-ring (bicyclic) bond motifs is 2. The minimum atomic E-state index is -0.619. The van der Waals surface area contributed by atoms with Crippen LogP contribution in [0, 0.1) is 5.92 Å². The van der Waals surface area contributed by atoms with Crippen molar-refractivity contribution >= 4 is 22.8 Å². The molecule has 0 radical (unpaired) electrons. The number of aliphatic hydroxyl groups excluding tert-OH is 1. The van der Waals surface area contributed by atoms with E-state index in [9.17, 15) is 14.7 Å². The number of rotatable bonds is 9. The molecule has 1 aliphatic carbocycles. The van der Waals surface area contributed by atoms with Crippen molar-refractivity contribution in [1.82, 2.24) is 25.5 Å². The van der Waals surface area contributed by atoms with Gasteiger partial charge in [0.2, 0.25) is 5.91 Å². The zero-order valence-electron chi connectivity index (χ0n) is 30.5. The lowest BCUT2D eigenvalue weighted by molar-refractivity contribution is -0.255. The van der Waals surface area contributed by atoms with Crippen LogP contribution in [0.1, 0.15) is 111 Å². The summed E-state index contributed by atoms with van der Waals surface area (Å²) in [6, 6.07) is 23.5. The summed E-state index contributed by atoms with van der Waals surface area (Å²) in [5, 5.41) is 15.9. The van der Waals surface area contributed by atoms with Crippen molar-refractivity contribution in [1.29, 1.82) is 0 Å². The largest absolute Gasteiger partial charge is 0.392 e. The molecule has 3 fully saturated rings. The van der Waals surface area contributed by atoms with E-state index in [0.717, 1.165) is 47.0 Å². The summed E-state index contributed by atoms with van der Waals surface area (Å²) in [6.07, 6.45) is 7.84. The average molecular weight is 706 g/mol. The minimum absolute atomic E-state index is 0.0157. The monoisotopic (exact) mass is 705 g/mol. The Bertz CT molecular complexity index is 1840. The first kappa shape index (κ1) is 36.2. The average Bonchev–Trinajstić information content (AvgIpc) is 3.16. The standard InChI is InChI=1S/C42H51N5O5/c1-42(2,3)46-40(50)37-21-20-29-8-4-7-11-36(29)47(37)25-32-22-38(30-16-14-28(26-48)15-17-30)52-41(51-32)31-18-12-27(13-19-31)23-44-39(49)35-24-43-33-9-5-6-10-34(33)45-35/h5-6,9-10,12-19,24,29,32,36-38,41,48H,4,7-8,11,20-23,25-26H2,1-3H3,(H,44,49)(H,46,50)/t29-,32+,36-,37-,38-,41-/m1/s1. The number of nitrogens with one attached hydrogen (secondary N) is 2. The van der Waals surface area contributed by atoms with Gasteiger partial charge in [0.05, 0.1) is 42.1 Å². The van der Waals surface area contributed by atoms with Gasteiger partial charge in [0.25, 0.3) is 5.91 Å². The number of hydrogen-bond donors (Lipinski definition) is 3. The van der Waals surface area contributed by atoms with Crippen molar-refractivity contribution in [3.8, 4) is 0 Å². The van der Waals surface area contributed by atoms with Gasteiger partial charge in [0.15, 0.2) is 6.29 Å². The fraction of sp³-hybridized carbons (Fsp3) is 0.476. The number of aliphatic hydroxyl groups is 1. The summed E-state index contributed by atoms with van der Waals surface area (Å²) in [6.45, 7) is 7.09. The summed E-state index contributed by atoms with van der Waals surface area (Å²) >= 11 is 0. The Balaban J connectivity index is 1.08. The van der Waals surface area contributed by atoms with Crippen molar-refractivity contribution in [2.45, 2.75) is 115 Å². The van der Waals surface area contributed by atoms with Crippen molar-refractivity contribution in [2.24, 2.45) is 5.92 Å². The summed E-state index contributed by atoms with van der Waals surface area (Å²) < 4.78 is 13.5. The highest BCUT2D eigenvalue weighted by atomic mass is 16.7. The zero-order chi connectivity index (χ0) is 36.2. The summed E-state index contributed by atoms with van der Waals surface area (Å²) in [5.74, 6) is 0.421. The topological polar surface area (TPSA) is 126 Å². The van der Waals surface area contributed by atoms with Crippen LogP contribution in [0.15, 0.2) is 79.0 Å². The number of carbonyl (C=O) groups excluding carboxylic acids is 2. The smallest absolute Gasteiger partial charge is 0.271 e. The van der Waals surface area contributed by atoms with Gasteiger partial charge in [-0.25, -0.2) is 4.98 Å². The van der Waals surface area contributed by atoms with Gasteiger partial charge < -0.3 is 25.2 Å². The van der Waals surface area contributed by atoms with E-state index in [-0.39, 0.29) is 47.9 Å². The van der Waals surface area contributed by atoms with E-state index in [0.29, 0.717) is 37.0 Å². The highest BCUT2D eigenvalue weighted by Crippen LogP contribution is 2.42. The minimum Gasteiger partial charge on any atom is -0.392 e. The van der Waals surface area contributed by atoms with E-state index < -0.39 is 6.29 Å². The SMILES string of the molecule is CC(C)(C)NC(=O)[C@H]1CC[C@H]2CCCC[C@H]2N1C[C@@H]1C[C@H](c2ccc(CO)cc2)O[C@H](c2ccc(CNC(=O)c3cnc4ccccc4n3)cc2)O1. The number of hydrogen-bond acceptors (Lipinski definition) is 8. The van der Waals surface area contributed by atoms with Gasteiger partial charge >= 0.3 is 0 Å². The van der Waals surface area contributed by atoms with Crippen molar-refractivity contribution in [3.05, 3.63) is 107 Å². The molecule has 52 heavy (non-hydrogen) atoms. The molecule has 274 valence electrons. The highest BCUT2D eigenvalue weighted by molar-refractivity contribution is 5.93. The van der Waals surface area contributed by atoms with Gasteiger partial charge in [-0.15, -0.1) is 0 Å². The van der Waals surface area contributed by atoms with Gasteiger partial charge in [0.1, 0.15) is 5.69 Å². The predicted octanol–water partition coefficient (Wildman–Crippen LogP) is 6.54. The maximum Gasteiger partial charge on any atom is 0.271 e. The maximum atomic E-state index is 13.8. The van der Waals surface area contributed by atoms with Crippen molar-refractivity contribution < 1.29 is 24.2 Å². The molecule has 0 spiro atoms. The van der Waals surface area contributed by atoms with Crippen molar-refractivity contribution in [3.63, 3.8) is 0 Å². The number of piperidine rings is 1. The number of nitrogens with zero attached hydrogens (tertiary/aromatic N) is 3. The van der Waals surface area contributed by atoms with Gasteiger partial charge in [0, 0.05) is 36.7 Å². The molecule has 3 aromatic carbocycles. The second-order valence-corrected chi connectivity index (χ2v) is 15.7. The van der Waals surface area contributed by atoms with Crippen LogP contribution in [0.2, 0.25) is 0 Å². The van der Waals surface area contributed by atoms with Gasteiger partial charge in [-0.3, -0.25) is 19.5 Å². The Morgan fingerprint density at radius 3 is 2.33 bits per heavy atom. The molecule has 7 rings (SSSR count). The third kappa shape index (κ3) is 8.52. The molecule has 6 atom stereocenters. The second-order valence-electron chi connectivity index (χ2n) is 15.7. The number of benzene rings is 3. The van der Waals surface area contributed by atoms with E-state index in [1.807, 2.05) is 93.6 Å². The number of ether oxygens (including phenoxy) is 2. The molecule has 0 bridgehead atoms. The summed E-state index contributed by atoms with van der Waals surface area (Å²) in [5.41, 5.74) is 5.08. The lowest BCUT2D eigenvalue weighted by atomic mass is 9.75. The van der Waals surface area contributed by atoms with Crippen LogP contribution < -0.4 is 10.6 Å². The van der Waals surface area contributed by atoms with E-state index in [1.165, 1.54) is 25.5 Å². The molecule has 3 aliphatic rings. The van der Waals surface area contributed by atoms with Gasteiger partial charge in [-0.1, -0.05) is 73.5 Å². The predicted molar refractivity (Wildman–Crippen MR) is 199 cm³/mol. The molecule has 4 aromatic rings. The molecule has 2 aliphatic heterocycles. The quantitative estimate of drug-likeness (QED) is 0.180. The third-order valence-electron chi connectivity index (χ3n) is 10.7. The third-order valence-corrected chi connectivity index (χ3v) is 10.7. The molecule has 3 heterocycles. The van der Waals surface area contributed by atoms with E-state index in [4.69, 9.17) is 9.47 Å². The fourth-order valence-electron chi connectivity index (χ4n) is 8.13. The zero-order valence-corrected chi connectivity index (χ0v) is 30.5. The summed E-state index contributed by atoms with van der Waals surface area (Å²) in [7, 11) is 0. The van der Waals surface area contributed by atoms with Crippen LogP contribution >= 0.6 is 0 Å². The molecule has 2 saturated heterocycles. The van der Waals surface area contributed by atoms with E-state index in [1.54, 1.807) is 0 Å². The van der Waals surface area contributed by atoms with Crippen LogP contribution in [-0.4, -0.2) is 62.1 Å². The van der Waals surface area contributed by atoms with Crippen LogP contribution in [-0.2, 0) is 27.4 Å². The first-order chi connectivity index (χ1) is 25.1. The Hall–Kier alpha value is -4.22. The highest BCUT2D eigenvalue weighted by Gasteiger charge is 2.44. The summed E-state index contributed by atoms with van der Waals surface area (Å²) in [4.78, 5) is 38.0. The molecule has 10 heteroatoms. The Morgan fingerprint density at radius 2 is 1.58 bits per heavy atom. The normalized spacial score (nSPS) is 25.3. The van der Waals surface area contributed by atoms with E-state index >= 15 is 0 Å². The molecular weight excluding hydrogens is 654 g/mol. The number of para-hydroxylation sites is 2. The van der Waals surface area contributed by atoms with Gasteiger partial charge in [-0.2, -0.15) is 0 Å². The molecule has 2 amide bonds. The first-order valence-corrected chi connectivity index (χ1v) is 18.8. The van der Waals surface area contributed by atoms with E-state index in [2.05, 4.69) is 25.5 Å². The molecule has 1 saturated carbocycles. The maximum absolute atomic E-state index is 13.8. The van der Waals surface area contributed by atoms with Crippen molar-refractivity contribution in [2.75, 3.05) is 6.54 Å². The van der Waals surface area contributed by atoms with Crippen LogP contribution in [0.3, 0.4) is 0 Å². The second kappa shape index (κ2) is 15.8. The molecule has 0 unspecified atom stereocenters. The number of likely N-dealkylation sites (tertiary alicyclic amines) is 1. The van der Waals surface area contributed by atoms with Gasteiger partial charge in [-0.05, 0) is 81.2 Å². The van der Waals surface area contributed by atoms with Crippen LogP contribution in [0.4, 0.5) is 0 Å². The Morgan fingerprint density at radius 1 is 0.865 bits per heavy atom. The lowest BCUT2D eigenvalue weighted by Gasteiger charge is -2.50. The lowest BCUT2D eigenvalue weighted by Crippen LogP contribution is -2.61. The molecule has 3 N–H and O–H groups in total. The Kier molecular flexibility index (Phi) is 11.0. The molecule has 1 aromatic heterocycles. The van der Waals surface area contributed by atoms with Crippen LogP contribution in [0.25, 0.3) is 11.0 Å². The number of carbonyl (C=O) groups is 2. The van der Waals surface area contributed by atoms with Crippen LogP contribution in [0.5, 0.6) is 0 Å². The first-order valence-electron chi connectivity index (χ1n) is 18.8. The fourth-order valence-corrected chi connectivity index (χ4v) is 8.13. The number of aromatic nitrogens is 2. The molecular formula is C42H51N5O5. The molecule has 10 nitrogen and oxygen atoms in total. The Labute approximate surface area is 306 Å².